The molecule has 0 radical (unpaired) electrons. The number of hydrogen-bond donors (Lipinski definition) is 2. The van der Waals surface area contributed by atoms with Gasteiger partial charge >= 0.3 is 0 Å². The van der Waals surface area contributed by atoms with Gasteiger partial charge in [-0.2, -0.15) is 5.10 Å². The van der Waals surface area contributed by atoms with E-state index in [1.807, 2.05) is 31.8 Å². The van der Waals surface area contributed by atoms with Crippen molar-refractivity contribution >= 4 is 0 Å². The molecule has 0 aliphatic rings. The molecule has 4 nitrogen and oxygen atoms in total. The SMILES string of the molecule is CCc1nn(C)cc1CNCC(O)C(C)C. The highest BCUT2D eigenvalue weighted by molar-refractivity contribution is 5.16. The number of nitrogens with zero attached hydrogens (tertiary/aromatic N) is 2. The third-order valence-corrected chi connectivity index (χ3v) is 2.77. The first-order valence-electron chi connectivity index (χ1n) is 5.94. The second-order valence-electron chi connectivity index (χ2n) is 4.57. The second kappa shape index (κ2) is 6.01. The number of aliphatic hydroxyl groups is 1. The molecule has 0 aliphatic heterocycles. The molecule has 0 saturated carbocycles. The van der Waals surface area contributed by atoms with Crippen molar-refractivity contribution in [3.8, 4) is 0 Å². The Kier molecular flexibility index (Phi) is 4.96. The maximum Gasteiger partial charge on any atom is 0.0687 e. The number of aryl methyl sites for hydroxylation is 2. The average Bonchev–Trinajstić information content (AvgIpc) is 2.58. The van der Waals surface area contributed by atoms with Crippen molar-refractivity contribution in [1.82, 2.24) is 15.1 Å². The number of rotatable bonds is 6. The van der Waals surface area contributed by atoms with Gasteiger partial charge < -0.3 is 10.4 Å². The van der Waals surface area contributed by atoms with Gasteiger partial charge in [0.25, 0.3) is 0 Å². The fourth-order valence-corrected chi connectivity index (χ4v) is 1.62. The van der Waals surface area contributed by atoms with Gasteiger partial charge in [0, 0.05) is 31.9 Å². The van der Waals surface area contributed by atoms with Crippen LogP contribution in [0.25, 0.3) is 0 Å². The van der Waals surface area contributed by atoms with Gasteiger partial charge in [0.15, 0.2) is 0 Å². The summed E-state index contributed by atoms with van der Waals surface area (Å²) in [5.41, 5.74) is 2.36. The molecule has 0 spiro atoms. The van der Waals surface area contributed by atoms with E-state index in [2.05, 4.69) is 17.3 Å². The topological polar surface area (TPSA) is 50.1 Å². The minimum Gasteiger partial charge on any atom is -0.392 e. The lowest BCUT2D eigenvalue weighted by molar-refractivity contribution is 0.123. The van der Waals surface area contributed by atoms with Crippen LogP contribution < -0.4 is 5.32 Å². The molecule has 1 heterocycles. The molecule has 4 heteroatoms. The molecule has 0 amide bonds. The Bertz CT molecular complexity index is 320. The summed E-state index contributed by atoms with van der Waals surface area (Å²) in [6.07, 6.45) is 2.71. The third-order valence-electron chi connectivity index (χ3n) is 2.77. The van der Waals surface area contributed by atoms with Crippen LogP contribution in [0.1, 0.15) is 32.0 Å². The van der Waals surface area contributed by atoms with Crippen molar-refractivity contribution < 1.29 is 5.11 Å². The predicted molar refractivity (Wildman–Crippen MR) is 65.1 cm³/mol. The minimum absolute atomic E-state index is 0.276. The molecule has 1 aromatic rings. The zero-order chi connectivity index (χ0) is 12.1. The van der Waals surface area contributed by atoms with Gasteiger partial charge in [0.2, 0.25) is 0 Å². The first-order valence-corrected chi connectivity index (χ1v) is 5.94. The molecule has 0 bridgehead atoms. The maximum atomic E-state index is 9.65. The Morgan fingerprint density at radius 1 is 1.50 bits per heavy atom. The van der Waals surface area contributed by atoms with E-state index in [0.29, 0.717) is 12.5 Å². The molecule has 1 rings (SSSR count). The Balaban J connectivity index is 2.42. The van der Waals surface area contributed by atoms with E-state index >= 15 is 0 Å². The van der Waals surface area contributed by atoms with Crippen LogP contribution in [0, 0.1) is 5.92 Å². The lowest BCUT2D eigenvalue weighted by atomic mass is 10.1. The summed E-state index contributed by atoms with van der Waals surface area (Å²) in [6, 6.07) is 0. The number of aliphatic hydroxyl groups excluding tert-OH is 1. The molecule has 1 aromatic heterocycles. The highest BCUT2D eigenvalue weighted by Gasteiger charge is 2.09. The fraction of sp³-hybridized carbons (Fsp3) is 0.750. The third kappa shape index (κ3) is 3.61. The van der Waals surface area contributed by atoms with Crippen molar-refractivity contribution in [2.24, 2.45) is 13.0 Å². The molecule has 92 valence electrons. The molecular formula is C12H23N3O. The van der Waals surface area contributed by atoms with E-state index in [0.717, 1.165) is 18.7 Å². The average molecular weight is 225 g/mol. The minimum atomic E-state index is -0.276. The molecular weight excluding hydrogens is 202 g/mol. The summed E-state index contributed by atoms with van der Waals surface area (Å²) in [5, 5.41) is 17.3. The molecule has 16 heavy (non-hydrogen) atoms. The monoisotopic (exact) mass is 225 g/mol. The Hall–Kier alpha value is -0.870. The summed E-state index contributed by atoms with van der Waals surface area (Å²) in [5.74, 6) is 0.298. The molecule has 0 aliphatic carbocycles. The van der Waals surface area contributed by atoms with Crippen LogP contribution in [0.5, 0.6) is 0 Å². The van der Waals surface area contributed by atoms with Crippen molar-refractivity contribution in [3.05, 3.63) is 17.5 Å². The zero-order valence-corrected chi connectivity index (χ0v) is 10.7. The summed E-state index contributed by atoms with van der Waals surface area (Å²) in [7, 11) is 1.94. The van der Waals surface area contributed by atoms with E-state index in [1.54, 1.807) is 0 Å². The van der Waals surface area contributed by atoms with Crippen LogP contribution in [0.15, 0.2) is 6.20 Å². The first-order chi connectivity index (χ1) is 7.54. The van der Waals surface area contributed by atoms with Gasteiger partial charge in [-0.3, -0.25) is 4.68 Å². The van der Waals surface area contributed by atoms with Crippen LogP contribution in [-0.2, 0) is 20.0 Å². The van der Waals surface area contributed by atoms with Gasteiger partial charge in [0.1, 0.15) is 0 Å². The lowest BCUT2D eigenvalue weighted by Crippen LogP contribution is -2.30. The Morgan fingerprint density at radius 2 is 2.19 bits per heavy atom. The van der Waals surface area contributed by atoms with Crippen LogP contribution >= 0.6 is 0 Å². The van der Waals surface area contributed by atoms with Crippen LogP contribution in [0.4, 0.5) is 0 Å². The van der Waals surface area contributed by atoms with Crippen LogP contribution in [-0.4, -0.2) is 27.5 Å². The highest BCUT2D eigenvalue weighted by Crippen LogP contribution is 2.07. The van der Waals surface area contributed by atoms with Gasteiger partial charge in [-0.15, -0.1) is 0 Å². The van der Waals surface area contributed by atoms with Gasteiger partial charge in [-0.25, -0.2) is 0 Å². The van der Waals surface area contributed by atoms with E-state index in [-0.39, 0.29) is 6.10 Å². The summed E-state index contributed by atoms with van der Waals surface area (Å²) in [6.45, 7) is 7.56. The molecule has 1 atom stereocenters. The van der Waals surface area contributed by atoms with Gasteiger partial charge in [-0.1, -0.05) is 20.8 Å². The normalized spacial score (nSPS) is 13.4. The van der Waals surface area contributed by atoms with Crippen LogP contribution in [0.3, 0.4) is 0 Å². The van der Waals surface area contributed by atoms with E-state index in [1.165, 1.54) is 5.56 Å². The molecule has 0 fully saturated rings. The number of hydrogen-bond acceptors (Lipinski definition) is 3. The molecule has 1 unspecified atom stereocenters. The second-order valence-corrected chi connectivity index (χ2v) is 4.57. The molecule has 0 saturated heterocycles. The number of nitrogens with one attached hydrogen (secondary N) is 1. The van der Waals surface area contributed by atoms with E-state index in [4.69, 9.17) is 0 Å². The molecule has 2 N–H and O–H groups in total. The number of aromatic nitrogens is 2. The summed E-state index contributed by atoms with van der Waals surface area (Å²) >= 11 is 0. The van der Waals surface area contributed by atoms with Gasteiger partial charge in [-0.05, 0) is 12.3 Å². The summed E-state index contributed by atoms with van der Waals surface area (Å²) < 4.78 is 1.84. The van der Waals surface area contributed by atoms with E-state index in [9.17, 15) is 5.11 Å². The van der Waals surface area contributed by atoms with Crippen LogP contribution in [0.2, 0.25) is 0 Å². The predicted octanol–water partition coefficient (Wildman–Crippen LogP) is 1.09. The zero-order valence-electron chi connectivity index (χ0n) is 10.7. The van der Waals surface area contributed by atoms with E-state index < -0.39 is 0 Å². The fourth-order valence-electron chi connectivity index (χ4n) is 1.62. The Morgan fingerprint density at radius 3 is 2.75 bits per heavy atom. The van der Waals surface area contributed by atoms with Crippen molar-refractivity contribution in [2.45, 2.75) is 39.8 Å². The largest absolute Gasteiger partial charge is 0.392 e. The van der Waals surface area contributed by atoms with Gasteiger partial charge in [0.05, 0.1) is 11.8 Å². The smallest absolute Gasteiger partial charge is 0.0687 e. The standard InChI is InChI=1S/C12H23N3O/c1-5-11-10(8-15(4)14-11)6-13-7-12(16)9(2)3/h8-9,12-13,16H,5-7H2,1-4H3. The Labute approximate surface area is 97.7 Å². The van der Waals surface area contributed by atoms with Crippen molar-refractivity contribution in [3.63, 3.8) is 0 Å². The van der Waals surface area contributed by atoms with Crippen molar-refractivity contribution in [2.75, 3.05) is 6.54 Å². The summed E-state index contributed by atoms with van der Waals surface area (Å²) in [4.78, 5) is 0. The van der Waals surface area contributed by atoms with Crippen molar-refractivity contribution in [1.29, 1.82) is 0 Å². The maximum absolute atomic E-state index is 9.65. The highest BCUT2D eigenvalue weighted by atomic mass is 16.3. The quantitative estimate of drug-likeness (QED) is 0.762. The lowest BCUT2D eigenvalue weighted by Gasteiger charge is -2.14. The molecule has 0 aromatic carbocycles. The first kappa shape index (κ1) is 13.2.